The third kappa shape index (κ3) is 5.95. The molecule has 2 bridgehead atoms. The Kier molecular flexibility index (Phi) is 8.17. The van der Waals surface area contributed by atoms with Crippen LogP contribution in [-0.4, -0.2) is 71.8 Å². The van der Waals surface area contributed by atoms with E-state index in [2.05, 4.69) is 10.2 Å². The molecule has 0 radical (unpaired) electrons. The van der Waals surface area contributed by atoms with Crippen molar-refractivity contribution in [1.29, 1.82) is 0 Å². The van der Waals surface area contributed by atoms with Crippen LogP contribution in [0.4, 0.5) is 10.1 Å². The summed E-state index contributed by atoms with van der Waals surface area (Å²) in [6.07, 6.45) is 0.954. The molecule has 0 aromatic heterocycles. The number of likely N-dealkylation sites (tertiary alicyclic amines) is 1. The molecule has 37 heavy (non-hydrogen) atoms. The molecule has 3 N–H and O–H groups in total. The number of carbonyl (C=O) groups is 1. The summed E-state index contributed by atoms with van der Waals surface area (Å²) in [5.41, 5.74) is 5.40. The predicted octanol–water partition coefficient (Wildman–Crippen LogP) is 2.37. The normalized spacial score (nSPS) is 20.4. The van der Waals surface area contributed by atoms with Crippen LogP contribution in [0.25, 0.3) is 0 Å². The summed E-state index contributed by atoms with van der Waals surface area (Å²) in [6.45, 7) is 2.42. The van der Waals surface area contributed by atoms with E-state index < -0.39 is 27.8 Å². The molecule has 1 fully saturated rings. The fourth-order valence-electron chi connectivity index (χ4n) is 4.29. The first-order valence-corrected chi connectivity index (χ1v) is 13.1. The van der Waals surface area contributed by atoms with Gasteiger partial charge < -0.3 is 38.5 Å². The predicted molar refractivity (Wildman–Crippen MR) is 132 cm³/mol. The lowest BCUT2D eigenvalue weighted by Gasteiger charge is -2.38. The summed E-state index contributed by atoms with van der Waals surface area (Å²) in [4.78, 5) is 15.5. The van der Waals surface area contributed by atoms with Gasteiger partial charge in [-0.1, -0.05) is 11.6 Å². The number of halogens is 2. The maximum atomic E-state index is 13.3. The van der Waals surface area contributed by atoms with Crippen LogP contribution in [0.5, 0.6) is 23.0 Å². The maximum Gasteiger partial charge on any atom is 0.501 e. The highest BCUT2D eigenvalue weighted by molar-refractivity contribution is 7.82. The van der Waals surface area contributed by atoms with Gasteiger partial charge in [0.15, 0.2) is 11.5 Å². The zero-order valence-corrected chi connectivity index (χ0v) is 21.7. The molecule has 3 aliphatic heterocycles. The Labute approximate surface area is 218 Å². The van der Waals surface area contributed by atoms with Crippen LogP contribution in [0, 0.1) is 5.82 Å². The second kappa shape index (κ2) is 11.2. The van der Waals surface area contributed by atoms with Gasteiger partial charge in [-0.05, 0) is 37.1 Å². The summed E-state index contributed by atoms with van der Waals surface area (Å²) < 4.78 is 63.4. The molecule has 0 saturated carbocycles. The van der Waals surface area contributed by atoms with E-state index in [1.807, 2.05) is 0 Å². The second-order valence-corrected chi connectivity index (χ2v) is 10.00. The number of fused-ring (bicyclic) bond motifs is 4. The van der Waals surface area contributed by atoms with Crippen LogP contribution in [0.1, 0.15) is 23.2 Å². The summed E-state index contributed by atoms with van der Waals surface area (Å²) in [6, 6.07) is 5.46. The van der Waals surface area contributed by atoms with Gasteiger partial charge in [0.1, 0.15) is 27.8 Å². The monoisotopic (exact) mass is 559 g/mol. The minimum absolute atomic E-state index is 0.206. The lowest BCUT2D eigenvalue weighted by molar-refractivity contribution is 0.00525. The number of anilines is 1. The van der Waals surface area contributed by atoms with E-state index in [9.17, 15) is 17.6 Å². The molecule has 2 unspecified atom stereocenters. The Morgan fingerprint density at radius 1 is 1.24 bits per heavy atom. The Balaban J connectivity index is 1.39. The number of benzene rings is 2. The van der Waals surface area contributed by atoms with Gasteiger partial charge in [-0.25, -0.2) is 4.39 Å². The number of nitrogens with two attached hydrogens (primary N) is 1. The number of nitrogen functional groups attached to an aromatic ring is 1. The average Bonchev–Trinajstić information content (AvgIpc) is 3.05. The molecular formula is C23H27ClFN3O8S. The van der Waals surface area contributed by atoms with E-state index in [1.165, 1.54) is 19.2 Å². The molecule has 0 aliphatic carbocycles. The van der Waals surface area contributed by atoms with Crippen molar-refractivity contribution in [3.8, 4) is 23.0 Å². The average molecular weight is 560 g/mol. The molecule has 5 rings (SSSR count). The number of methoxy groups -OCH3 is 2. The van der Waals surface area contributed by atoms with E-state index in [0.29, 0.717) is 31.9 Å². The van der Waals surface area contributed by atoms with E-state index in [-0.39, 0.29) is 40.0 Å². The second-order valence-electron chi connectivity index (χ2n) is 8.47. The van der Waals surface area contributed by atoms with Crippen LogP contribution < -0.4 is 28.9 Å². The minimum Gasteiger partial charge on any atom is -0.494 e. The van der Waals surface area contributed by atoms with Crippen molar-refractivity contribution in [2.45, 2.75) is 25.0 Å². The van der Waals surface area contributed by atoms with Gasteiger partial charge in [-0.2, -0.15) is 0 Å². The van der Waals surface area contributed by atoms with Gasteiger partial charge in [-0.15, -0.1) is 8.42 Å². The Morgan fingerprint density at radius 2 is 1.95 bits per heavy atom. The van der Waals surface area contributed by atoms with Gasteiger partial charge in [0.05, 0.1) is 25.9 Å². The Hall–Kier alpha value is -3.00. The van der Waals surface area contributed by atoms with Crippen LogP contribution >= 0.6 is 11.6 Å². The fraction of sp³-hybridized carbons (Fsp3) is 0.435. The van der Waals surface area contributed by atoms with Crippen LogP contribution in [0.2, 0.25) is 5.02 Å². The van der Waals surface area contributed by atoms with Gasteiger partial charge in [-0.3, -0.25) is 4.79 Å². The smallest absolute Gasteiger partial charge is 0.494 e. The first kappa shape index (κ1) is 27.0. The Bertz CT molecular complexity index is 1260. The van der Waals surface area contributed by atoms with Crippen molar-refractivity contribution >= 4 is 33.6 Å². The highest BCUT2D eigenvalue weighted by Crippen LogP contribution is 2.52. The quantitative estimate of drug-likeness (QED) is 0.348. The third-order valence-electron chi connectivity index (χ3n) is 6.11. The number of ether oxygens (including phenoxy) is 3. The van der Waals surface area contributed by atoms with E-state index >= 15 is 0 Å². The molecule has 202 valence electrons. The molecule has 3 heterocycles. The number of piperidine rings is 1. The van der Waals surface area contributed by atoms with Crippen molar-refractivity contribution in [1.82, 2.24) is 10.2 Å². The molecule has 1 amide bonds. The first-order chi connectivity index (χ1) is 17.6. The highest BCUT2D eigenvalue weighted by Gasteiger charge is 2.40. The number of nitrogens with zero attached hydrogens (tertiary/aromatic N) is 1. The van der Waals surface area contributed by atoms with Crippen LogP contribution in [0.15, 0.2) is 24.3 Å². The zero-order valence-electron chi connectivity index (χ0n) is 20.2. The summed E-state index contributed by atoms with van der Waals surface area (Å²) >= 11 is 6.18. The number of carbonyl (C=O) groups excluding carboxylic acids is 1. The van der Waals surface area contributed by atoms with Crippen molar-refractivity contribution in [3.05, 3.63) is 40.7 Å². The van der Waals surface area contributed by atoms with Crippen LogP contribution in [-0.2, 0) is 15.1 Å². The van der Waals surface area contributed by atoms with E-state index in [4.69, 9.17) is 39.9 Å². The highest BCUT2D eigenvalue weighted by atomic mass is 35.5. The van der Waals surface area contributed by atoms with Crippen molar-refractivity contribution < 1.29 is 40.2 Å². The molecule has 1 saturated heterocycles. The maximum absolute atomic E-state index is 13.3. The van der Waals surface area contributed by atoms with Gasteiger partial charge >= 0.3 is 10.4 Å². The van der Waals surface area contributed by atoms with E-state index in [1.54, 1.807) is 19.2 Å². The standard InChI is InChI=1S/C23H27ClFN3O8S/c1-32-16-12-28(9-3-11-34-14-6-4-13(25)5-7-14)10-8-15(16)27-23(29)17-20-18(24)19(26)22(21(17)33-2)36-37(30,31)35-20/h4-7,15-16H,3,8-12,26H2,1-2H3,(H,27,29). The lowest BCUT2D eigenvalue weighted by Crippen LogP contribution is -2.55. The number of rotatable bonds is 9. The fourth-order valence-corrected chi connectivity index (χ4v) is 5.33. The van der Waals surface area contributed by atoms with Crippen molar-refractivity contribution in [2.75, 3.05) is 46.2 Å². The van der Waals surface area contributed by atoms with Gasteiger partial charge in [0, 0.05) is 26.7 Å². The molecule has 3 aliphatic rings. The SMILES string of the molecule is COc1c2c(N)c(Cl)c(c1C(=O)NC1CCN(CCCOc3ccc(F)cc3)CC1OC)OS(=O)(=O)O2. The molecule has 2 aromatic carbocycles. The number of hydrogen-bond donors (Lipinski definition) is 2. The summed E-state index contributed by atoms with van der Waals surface area (Å²) in [7, 11) is -1.77. The summed E-state index contributed by atoms with van der Waals surface area (Å²) in [5, 5.41) is 2.60. The summed E-state index contributed by atoms with van der Waals surface area (Å²) in [5.74, 6) is -1.49. The van der Waals surface area contributed by atoms with Crippen LogP contribution in [0.3, 0.4) is 0 Å². The molecule has 14 heteroatoms. The largest absolute Gasteiger partial charge is 0.501 e. The number of amides is 1. The molecular weight excluding hydrogens is 533 g/mol. The minimum atomic E-state index is -4.56. The topological polar surface area (TPSA) is 139 Å². The molecule has 11 nitrogen and oxygen atoms in total. The Morgan fingerprint density at radius 3 is 2.62 bits per heavy atom. The van der Waals surface area contributed by atoms with Gasteiger partial charge in [0.2, 0.25) is 5.75 Å². The van der Waals surface area contributed by atoms with Crippen molar-refractivity contribution in [2.24, 2.45) is 0 Å². The third-order valence-corrected chi connectivity index (χ3v) is 7.22. The number of hydrogen-bond acceptors (Lipinski definition) is 10. The lowest BCUT2D eigenvalue weighted by atomic mass is 10.00. The molecule has 2 atom stereocenters. The van der Waals surface area contributed by atoms with E-state index in [0.717, 1.165) is 13.0 Å². The zero-order chi connectivity index (χ0) is 26.7. The molecule has 0 spiro atoms. The first-order valence-electron chi connectivity index (χ1n) is 11.4. The molecule has 2 aromatic rings. The van der Waals surface area contributed by atoms with Crippen molar-refractivity contribution in [3.63, 3.8) is 0 Å². The number of nitrogens with one attached hydrogen (secondary N) is 1. The van der Waals surface area contributed by atoms with Gasteiger partial charge in [0.25, 0.3) is 5.91 Å².